The average Bonchev–Trinajstić information content (AvgIpc) is 2.69. The number of carboxylic acid groups (broad SMARTS) is 1. The minimum atomic E-state index is -1.15. The van der Waals surface area contributed by atoms with Crippen molar-refractivity contribution >= 4 is 46.3 Å². The molecule has 1 aromatic carbocycles. The number of hydrogen-bond acceptors (Lipinski definition) is 6. The van der Waals surface area contributed by atoms with Crippen LogP contribution in [0, 0.1) is 13.8 Å². The summed E-state index contributed by atoms with van der Waals surface area (Å²) in [6.45, 7) is 2.75. The number of carboxylic acids is 1. The Balaban J connectivity index is 2.41. The lowest BCUT2D eigenvalue weighted by Gasteiger charge is -2.11. The first-order valence-electron chi connectivity index (χ1n) is 6.21. The monoisotopic (exact) mass is 339 g/mol. The number of carbonyl (C=O) groups is 2. The highest BCUT2D eigenvalue weighted by molar-refractivity contribution is 8.26. The molecule has 8 heteroatoms. The van der Waals surface area contributed by atoms with E-state index in [1.165, 1.54) is 6.08 Å². The van der Waals surface area contributed by atoms with E-state index in [4.69, 9.17) is 17.3 Å². The fourth-order valence-electron chi connectivity index (χ4n) is 1.97. The molecule has 0 bridgehead atoms. The standard InChI is InChI=1S/C14H13NO5S2/c1-6-3-8(7(2)12(19)11(6)18)4-9-13(20)15(5-10(16)17)14(21)22-9/h3-4,18-19H,5H2,1-2H3,(H,16,17). The van der Waals surface area contributed by atoms with Crippen LogP contribution in [0.4, 0.5) is 0 Å². The fraction of sp³-hybridized carbons (Fsp3) is 0.214. The van der Waals surface area contributed by atoms with E-state index in [2.05, 4.69) is 0 Å². The summed E-state index contributed by atoms with van der Waals surface area (Å²) in [5, 5.41) is 28.3. The molecule has 0 atom stereocenters. The van der Waals surface area contributed by atoms with E-state index >= 15 is 0 Å². The summed E-state index contributed by atoms with van der Waals surface area (Å²) in [6.07, 6.45) is 1.53. The zero-order valence-corrected chi connectivity index (χ0v) is 13.4. The summed E-state index contributed by atoms with van der Waals surface area (Å²) in [6, 6.07) is 1.63. The van der Waals surface area contributed by atoms with Gasteiger partial charge in [-0.25, -0.2) is 0 Å². The summed E-state index contributed by atoms with van der Waals surface area (Å²) < 4.78 is 0.177. The second-order valence-electron chi connectivity index (χ2n) is 4.77. The van der Waals surface area contributed by atoms with Gasteiger partial charge in [0.2, 0.25) is 0 Å². The summed E-state index contributed by atoms with van der Waals surface area (Å²) in [7, 11) is 0. The van der Waals surface area contributed by atoms with Gasteiger partial charge in [-0.05, 0) is 37.1 Å². The Kier molecular flexibility index (Phi) is 4.43. The number of hydrogen-bond donors (Lipinski definition) is 3. The van der Waals surface area contributed by atoms with Crippen LogP contribution in [-0.4, -0.2) is 43.0 Å². The zero-order chi connectivity index (χ0) is 16.6. The van der Waals surface area contributed by atoms with E-state index in [1.807, 2.05) is 0 Å². The number of phenols is 2. The second-order valence-corrected chi connectivity index (χ2v) is 6.44. The van der Waals surface area contributed by atoms with Gasteiger partial charge in [0.25, 0.3) is 5.91 Å². The molecule has 1 amide bonds. The van der Waals surface area contributed by atoms with Gasteiger partial charge in [-0.15, -0.1) is 0 Å². The molecule has 1 aliphatic heterocycles. The molecule has 0 unspecified atom stereocenters. The van der Waals surface area contributed by atoms with Gasteiger partial charge in [-0.3, -0.25) is 14.5 Å². The number of carbonyl (C=O) groups excluding carboxylic acids is 1. The van der Waals surface area contributed by atoms with Crippen molar-refractivity contribution in [3.8, 4) is 11.5 Å². The lowest BCUT2D eigenvalue weighted by molar-refractivity contribution is -0.140. The number of rotatable bonds is 3. The topological polar surface area (TPSA) is 98.1 Å². The summed E-state index contributed by atoms with van der Waals surface area (Å²) in [4.78, 5) is 24.2. The van der Waals surface area contributed by atoms with Crippen molar-refractivity contribution in [2.24, 2.45) is 0 Å². The zero-order valence-electron chi connectivity index (χ0n) is 11.8. The lowest BCUT2D eigenvalue weighted by Crippen LogP contribution is -2.33. The predicted molar refractivity (Wildman–Crippen MR) is 86.8 cm³/mol. The molecule has 2 rings (SSSR count). The molecular formula is C14H13NO5S2. The number of aryl methyl sites for hydroxylation is 1. The maximum Gasteiger partial charge on any atom is 0.323 e. The lowest BCUT2D eigenvalue weighted by atomic mass is 10.0. The molecule has 22 heavy (non-hydrogen) atoms. The SMILES string of the molecule is Cc1cc(C=C2SC(=S)N(CC(=O)O)C2=O)c(C)c(O)c1O. The third-order valence-electron chi connectivity index (χ3n) is 3.21. The van der Waals surface area contributed by atoms with Crippen molar-refractivity contribution in [2.75, 3.05) is 6.54 Å². The van der Waals surface area contributed by atoms with E-state index in [0.29, 0.717) is 16.7 Å². The average molecular weight is 339 g/mol. The molecule has 6 nitrogen and oxygen atoms in total. The molecule has 1 heterocycles. The molecule has 3 N–H and O–H groups in total. The van der Waals surface area contributed by atoms with Crippen molar-refractivity contribution in [3.63, 3.8) is 0 Å². The number of aromatic hydroxyl groups is 2. The number of benzene rings is 1. The van der Waals surface area contributed by atoms with Crippen LogP contribution in [0.25, 0.3) is 6.08 Å². The predicted octanol–water partition coefficient (Wildman–Crippen LogP) is 2.00. The second kappa shape index (κ2) is 5.98. The molecule has 1 aliphatic rings. The van der Waals surface area contributed by atoms with Crippen LogP contribution in [-0.2, 0) is 9.59 Å². The van der Waals surface area contributed by atoms with Gasteiger partial charge in [-0.1, -0.05) is 24.0 Å². The Morgan fingerprint density at radius 2 is 2.00 bits per heavy atom. The van der Waals surface area contributed by atoms with Gasteiger partial charge in [0, 0.05) is 5.56 Å². The van der Waals surface area contributed by atoms with E-state index in [1.54, 1.807) is 19.9 Å². The largest absolute Gasteiger partial charge is 0.504 e. The molecular weight excluding hydrogens is 326 g/mol. The van der Waals surface area contributed by atoms with Gasteiger partial charge in [0.05, 0.1) is 4.91 Å². The molecule has 1 fully saturated rings. The Bertz CT molecular complexity index is 726. The third-order valence-corrected chi connectivity index (χ3v) is 4.59. The van der Waals surface area contributed by atoms with Gasteiger partial charge in [-0.2, -0.15) is 0 Å². The Labute approximate surface area is 136 Å². The molecule has 116 valence electrons. The summed E-state index contributed by atoms with van der Waals surface area (Å²) >= 11 is 6.01. The Hall–Kier alpha value is -2.06. The van der Waals surface area contributed by atoms with Crippen molar-refractivity contribution < 1.29 is 24.9 Å². The van der Waals surface area contributed by atoms with Crippen LogP contribution in [0.2, 0.25) is 0 Å². The Morgan fingerprint density at radius 1 is 1.36 bits per heavy atom. The van der Waals surface area contributed by atoms with Crippen LogP contribution in [0.3, 0.4) is 0 Å². The summed E-state index contributed by atoms with van der Waals surface area (Å²) in [5.41, 5.74) is 1.45. The highest BCUT2D eigenvalue weighted by atomic mass is 32.2. The van der Waals surface area contributed by atoms with E-state index in [-0.39, 0.29) is 20.7 Å². The molecule has 1 saturated heterocycles. The van der Waals surface area contributed by atoms with Crippen LogP contribution in [0.15, 0.2) is 11.0 Å². The number of thioether (sulfide) groups is 1. The molecule has 0 radical (unpaired) electrons. The first kappa shape index (κ1) is 16.3. The van der Waals surface area contributed by atoms with Crippen molar-refractivity contribution in [3.05, 3.63) is 27.7 Å². The molecule has 0 spiro atoms. The van der Waals surface area contributed by atoms with Crippen molar-refractivity contribution in [2.45, 2.75) is 13.8 Å². The van der Waals surface area contributed by atoms with E-state index in [0.717, 1.165) is 16.7 Å². The smallest absolute Gasteiger partial charge is 0.323 e. The first-order valence-corrected chi connectivity index (χ1v) is 7.44. The number of aliphatic carboxylic acids is 1. The number of nitrogens with zero attached hydrogens (tertiary/aromatic N) is 1. The number of amides is 1. The minimum absolute atomic E-state index is 0.177. The van der Waals surface area contributed by atoms with Crippen molar-refractivity contribution in [1.82, 2.24) is 4.90 Å². The van der Waals surface area contributed by atoms with Gasteiger partial charge >= 0.3 is 5.97 Å². The van der Waals surface area contributed by atoms with Crippen LogP contribution >= 0.6 is 24.0 Å². The number of phenolic OH excluding ortho intramolecular Hbond substituents is 2. The van der Waals surface area contributed by atoms with E-state index in [9.17, 15) is 19.8 Å². The third kappa shape index (κ3) is 2.93. The van der Waals surface area contributed by atoms with Gasteiger partial charge < -0.3 is 15.3 Å². The van der Waals surface area contributed by atoms with E-state index < -0.39 is 18.4 Å². The Morgan fingerprint density at radius 3 is 2.59 bits per heavy atom. The molecule has 0 saturated carbocycles. The molecule has 0 aliphatic carbocycles. The molecule has 1 aromatic rings. The molecule has 0 aromatic heterocycles. The quantitative estimate of drug-likeness (QED) is 0.440. The van der Waals surface area contributed by atoms with Crippen molar-refractivity contribution in [1.29, 1.82) is 0 Å². The van der Waals surface area contributed by atoms with Crippen LogP contribution in [0.5, 0.6) is 11.5 Å². The number of thiocarbonyl (C=S) groups is 1. The maximum atomic E-state index is 12.2. The highest BCUT2D eigenvalue weighted by Crippen LogP contribution is 2.38. The normalized spacial score (nSPS) is 16.6. The van der Waals surface area contributed by atoms with Crippen LogP contribution < -0.4 is 0 Å². The first-order chi connectivity index (χ1) is 10.2. The van der Waals surface area contributed by atoms with Gasteiger partial charge in [0.1, 0.15) is 10.9 Å². The maximum absolute atomic E-state index is 12.2. The highest BCUT2D eigenvalue weighted by Gasteiger charge is 2.33. The van der Waals surface area contributed by atoms with Crippen LogP contribution in [0.1, 0.15) is 16.7 Å². The summed E-state index contributed by atoms with van der Waals surface area (Å²) in [5.74, 6) is -2.07. The van der Waals surface area contributed by atoms with Gasteiger partial charge in [0.15, 0.2) is 11.5 Å². The minimum Gasteiger partial charge on any atom is -0.504 e. The fourth-order valence-corrected chi connectivity index (χ4v) is 3.22.